The highest BCUT2D eigenvalue weighted by molar-refractivity contribution is 7.89. The number of carbonyl (C=O) groups excluding carboxylic acids is 1. The van der Waals surface area contributed by atoms with Gasteiger partial charge in [-0.2, -0.15) is 4.31 Å². The van der Waals surface area contributed by atoms with Gasteiger partial charge in [-0.15, -0.1) is 0 Å². The molecule has 2 heterocycles. The summed E-state index contributed by atoms with van der Waals surface area (Å²) in [5, 5.41) is 0. The lowest BCUT2D eigenvalue weighted by molar-refractivity contribution is 0.0697. The van der Waals surface area contributed by atoms with Crippen LogP contribution in [0, 0.1) is 4.64 Å². The molecule has 1 aromatic heterocycles. The first-order valence-electron chi connectivity index (χ1n) is 8.63. The van der Waals surface area contributed by atoms with Gasteiger partial charge in [0.15, 0.2) is 0 Å². The zero-order valence-corrected chi connectivity index (χ0v) is 16.6. The van der Waals surface area contributed by atoms with Crippen LogP contribution in [0.1, 0.15) is 17.3 Å². The normalized spacial score (nSPS) is 15.5. The van der Waals surface area contributed by atoms with Crippen LogP contribution < -0.4 is 4.74 Å². The molecule has 1 aliphatic heterocycles. The number of benzene rings is 1. The monoisotopic (exact) mass is 407 g/mol. The molecule has 0 atom stereocenters. The molecule has 9 heteroatoms. The van der Waals surface area contributed by atoms with Crippen LogP contribution >= 0.6 is 12.2 Å². The van der Waals surface area contributed by atoms with Gasteiger partial charge in [-0.05, 0) is 43.3 Å². The second kappa shape index (κ2) is 8.20. The zero-order valence-electron chi connectivity index (χ0n) is 14.9. The predicted octanol–water partition coefficient (Wildman–Crippen LogP) is 2.29. The molecule has 7 nitrogen and oxygen atoms in total. The van der Waals surface area contributed by atoms with Gasteiger partial charge < -0.3 is 14.6 Å². The summed E-state index contributed by atoms with van der Waals surface area (Å²) in [5.41, 5.74) is 0.426. The first-order chi connectivity index (χ1) is 12.9. The van der Waals surface area contributed by atoms with E-state index in [4.69, 9.17) is 17.0 Å². The third kappa shape index (κ3) is 4.20. The molecule has 0 bridgehead atoms. The van der Waals surface area contributed by atoms with Crippen LogP contribution in [0.25, 0.3) is 0 Å². The van der Waals surface area contributed by atoms with Crippen LogP contribution in [0.3, 0.4) is 0 Å². The van der Waals surface area contributed by atoms with E-state index in [0.717, 1.165) is 0 Å². The smallest absolute Gasteiger partial charge is 0.256 e. The van der Waals surface area contributed by atoms with Gasteiger partial charge in [-0.1, -0.05) is 12.2 Å². The Bertz CT molecular complexity index is 963. The maximum absolute atomic E-state index is 12.8. The predicted molar refractivity (Wildman–Crippen MR) is 104 cm³/mol. The van der Waals surface area contributed by atoms with Crippen LogP contribution in [0.2, 0.25) is 0 Å². The van der Waals surface area contributed by atoms with Crippen molar-refractivity contribution in [3.8, 4) is 5.75 Å². The molecule has 1 aromatic carbocycles. The van der Waals surface area contributed by atoms with E-state index in [1.807, 2.05) is 6.92 Å². The van der Waals surface area contributed by atoms with E-state index in [-0.39, 0.29) is 23.9 Å². The van der Waals surface area contributed by atoms with E-state index in [2.05, 4.69) is 4.98 Å². The van der Waals surface area contributed by atoms with Crippen LogP contribution in [-0.4, -0.2) is 61.3 Å². The van der Waals surface area contributed by atoms with Gasteiger partial charge in [0, 0.05) is 32.4 Å². The number of aromatic amines is 1. The number of nitrogens with zero attached hydrogens (tertiary/aromatic N) is 2. The fourth-order valence-electron chi connectivity index (χ4n) is 2.92. The number of hydrogen-bond donors (Lipinski definition) is 1. The van der Waals surface area contributed by atoms with Gasteiger partial charge in [0.05, 0.1) is 17.1 Å². The van der Waals surface area contributed by atoms with Crippen molar-refractivity contribution in [1.29, 1.82) is 0 Å². The van der Waals surface area contributed by atoms with Gasteiger partial charge in [0.2, 0.25) is 10.0 Å². The molecule has 1 N–H and O–H groups in total. The molecular weight excluding hydrogens is 386 g/mol. The van der Waals surface area contributed by atoms with Gasteiger partial charge in [0.1, 0.15) is 10.4 Å². The lowest BCUT2D eigenvalue weighted by atomic mass is 10.2. The Hall–Kier alpha value is -2.23. The topological polar surface area (TPSA) is 82.7 Å². The van der Waals surface area contributed by atoms with E-state index in [0.29, 0.717) is 35.6 Å². The summed E-state index contributed by atoms with van der Waals surface area (Å²) >= 11 is 5.15. The first kappa shape index (κ1) is 19.5. The van der Waals surface area contributed by atoms with Gasteiger partial charge in [0.25, 0.3) is 5.91 Å². The molecule has 0 spiro atoms. The molecule has 1 fully saturated rings. The van der Waals surface area contributed by atoms with Crippen LogP contribution in [-0.2, 0) is 10.0 Å². The van der Waals surface area contributed by atoms with E-state index in [9.17, 15) is 13.2 Å². The maximum atomic E-state index is 12.8. The molecule has 1 amide bonds. The summed E-state index contributed by atoms with van der Waals surface area (Å²) in [6.07, 6.45) is 1.67. The lowest BCUT2D eigenvalue weighted by Gasteiger charge is -2.34. The largest absolute Gasteiger partial charge is 0.494 e. The van der Waals surface area contributed by atoms with Crippen molar-refractivity contribution < 1.29 is 17.9 Å². The summed E-state index contributed by atoms with van der Waals surface area (Å²) in [6.45, 7) is 3.51. The van der Waals surface area contributed by atoms with Crippen LogP contribution in [0.15, 0.2) is 47.5 Å². The minimum atomic E-state index is -3.60. The number of pyridine rings is 1. The summed E-state index contributed by atoms with van der Waals surface area (Å²) in [4.78, 5) is 17.3. The number of nitrogens with one attached hydrogen (secondary N) is 1. The van der Waals surface area contributed by atoms with Crippen molar-refractivity contribution >= 4 is 28.1 Å². The van der Waals surface area contributed by atoms with Gasteiger partial charge >= 0.3 is 0 Å². The molecule has 0 saturated carbocycles. The summed E-state index contributed by atoms with van der Waals surface area (Å²) in [6, 6.07) is 9.77. The average molecular weight is 408 g/mol. The maximum Gasteiger partial charge on any atom is 0.256 e. The molecule has 1 saturated heterocycles. The number of hydrogen-bond acceptors (Lipinski definition) is 5. The number of amides is 1. The Morgan fingerprint density at radius 1 is 1.15 bits per heavy atom. The fraction of sp³-hybridized carbons (Fsp3) is 0.333. The minimum absolute atomic E-state index is 0.185. The van der Waals surface area contributed by atoms with Gasteiger partial charge in [-0.25, -0.2) is 8.42 Å². The second-order valence-corrected chi connectivity index (χ2v) is 8.36. The Balaban J connectivity index is 1.68. The molecular formula is C18H21N3O4S2. The molecule has 1 aliphatic rings. The van der Waals surface area contributed by atoms with Crippen molar-refractivity contribution in [3.05, 3.63) is 52.8 Å². The molecule has 0 unspecified atom stereocenters. The number of sulfonamides is 1. The SMILES string of the molecule is CCOc1ccc(S(=O)(=O)N2CCN(C(=O)c3ccc[nH]c3=S)CC2)cc1. The number of H-pyrrole nitrogens is 1. The lowest BCUT2D eigenvalue weighted by Crippen LogP contribution is -2.50. The highest BCUT2D eigenvalue weighted by Crippen LogP contribution is 2.21. The average Bonchev–Trinajstić information content (AvgIpc) is 2.69. The highest BCUT2D eigenvalue weighted by atomic mass is 32.2. The van der Waals surface area contributed by atoms with Crippen molar-refractivity contribution in [3.63, 3.8) is 0 Å². The summed E-state index contributed by atoms with van der Waals surface area (Å²) < 4.78 is 32.8. The minimum Gasteiger partial charge on any atom is -0.494 e. The van der Waals surface area contributed by atoms with Crippen molar-refractivity contribution in [1.82, 2.24) is 14.2 Å². The number of aromatic nitrogens is 1. The van der Waals surface area contributed by atoms with E-state index >= 15 is 0 Å². The molecule has 0 aliphatic carbocycles. The quantitative estimate of drug-likeness (QED) is 0.769. The number of piperazine rings is 1. The first-order valence-corrected chi connectivity index (χ1v) is 10.5. The molecule has 3 rings (SSSR count). The van der Waals surface area contributed by atoms with Crippen molar-refractivity contribution in [2.24, 2.45) is 0 Å². The highest BCUT2D eigenvalue weighted by Gasteiger charge is 2.30. The van der Waals surface area contributed by atoms with Crippen molar-refractivity contribution in [2.45, 2.75) is 11.8 Å². The zero-order chi connectivity index (χ0) is 19.4. The standard InChI is InChI=1S/C18H21N3O4S2/c1-2-25-14-5-7-15(8-6-14)27(23,24)21-12-10-20(11-13-21)18(22)16-4-3-9-19-17(16)26/h3-9H,2,10-13H2,1H3,(H,19,26). The Kier molecular flexibility index (Phi) is 5.93. The van der Waals surface area contributed by atoms with E-state index in [1.165, 1.54) is 4.31 Å². The Morgan fingerprint density at radius 2 is 1.81 bits per heavy atom. The summed E-state index contributed by atoms with van der Waals surface area (Å²) in [5.74, 6) is 0.446. The Morgan fingerprint density at radius 3 is 2.41 bits per heavy atom. The fourth-order valence-corrected chi connectivity index (χ4v) is 4.56. The van der Waals surface area contributed by atoms with Crippen LogP contribution in [0.5, 0.6) is 5.75 Å². The Labute approximate surface area is 163 Å². The molecule has 144 valence electrons. The van der Waals surface area contributed by atoms with Gasteiger partial charge in [-0.3, -0.25) is 4.79 Å². The van der Waals surface area contributed by atoms with E-state index < -0.39 is 10.0 Å². The second-order valence-electron chi connectivity index (χ2n) is 6.01. The number of carbonyl (C=O) groups is 1. The van der Waals surface area contributed by atoms with Crippen molar-refractivity contribution in [2.75, 3.05) is 32.8 Å². The third-order valence-corrected chi connectivity index (χ3v) is 6.60. The molecule has 27 heavy (non-hydrogen) atoms. The van der Waals surface area contributed by atoms with Crippen LogP contribution in [0.4, 0.5) is 0 Å². The molecule has 0 radical (unpaired) electrons. The molecule has 2 aromatic rings. The number of ether oxygens (including phenoxy) is 1. The third-order valence-electron chi connectivity index (χ3n) is 4.35. The summed E-state index contributed by atoms with van der Waals surface area (Å²) in [7, 11) is -3.60. The number of rotatable bonds is 5. The van der Waals surface area contributed by atoms with E-state index in [1.54, 1.807) is 47.5 Å².